The van der Waals surface area contributed by atoms with Gasteiger partial charge >= 0.3 is 0 Å². The lowest BCUT2D eigenvalue weighted by molar-refractivity contribution is 0.117. The van der Waals surface area contributed by atoms with E-state index in [4.69, 9.17) is 5.73 Å². The molecule has 7 aliphatic carbocycles. The van der Waals surface area contributed by atoms with Crippen molar-refractivity contribution in [3.63, 3.8) is 0 Å². The number of benzene rings is 1. The fourth-order valence-electron chi connectivity index (χ4n) is 11.8. The van der Waals surface area contributed by atoms with Gasteiger partial charge in [0, 0.05) is 47.0 Å². The largest absolute Gasteiger partial charge is 0.341 e. The van der Waals surface area contributed by atoms with Crippen molar-refractivity contribution in [2.24, 2.45) is 47.2 Å². The van der Waals surface area contributed by atoms with Crippen molar-refractivity contribution < 1.29 is 0 Å². The zero-order chi connectivity index (χ0) is 35.0. The van der Waals surface area contributed by atoms with Crippen molar-refractivity contribution in [1.29, 1.82) is 0 Å². The minimum Gasteiger partial charge on any atom is -0.341 e. The van der Waals surface area contributed by atoms with E-state index in [0.29, 0.717) is 41.5 Å². The number of rotatable bonds is 8. The highest BCUT2D eigenvalue weighted by atomic mass is 15.2. The highest BCUT2D eigenvalue weighted by Gasteiger charge is 2.53. The van der Waals surface area contributed by atoms with Gasteiger partial charge in [-0.2, -0.15) is 0 Å². The summed E-state index contributed by atoms with van der Waals surface area (Å²) in [6.07, 6.45) is 50.8. The normalized spacial score (nSPS) is 35.7. The number of hydrogen-bond donors (Lipinski definition) is 1. The van der Waals surface area contributed by atoms with Gasteiger partial charge in [-0.1, -0.05) is 147 Å². The second-order valence-electron chi connectivity index (χ2n) is 17.3. The van der Waals surface area contributed by atoms with Crippen LogP contribution < -0.4 is 5.73 Å². The average Bonchev–Trinajstić information content (AvgIpc) is 3.55. The lowest BCUT2D eigenvalue weighted by atomic mass is 9.58. The smallest absolute Gasteiger partial charge is 0.0553 e. The molecule has 0 radical (unpaired) electrons. The van der Waals surface area contributed by atoms with Crippen LogP contribution in [0.5, 0.6) is 0 Å². The second kappa shape index (κ2) is 15.0. The van der Waals surface area contributed by atoms with Crippen molar-refractivity contribution in [1.82, 2.24) is 4.90 Å². The maximum Gasteiger partial charge on any atom is 0.0553 e. The lowest BCUT2D eigenvalue weighted by Crippen LogP contribution is -2.40. The first-order chi connectivity index (χ1) is 25.7. The molecule has 10 atom stereocenters. The Labute approximate surface area is 314 Å². The van der Waals surface area contributed by atoms with Crippen LogP contribution in [-0.4, -0.2) is 17.0 Å². The Morgan fingerprint density at radius 1 is 0.769 bits per heavy atom. The number of nitrogens with zero attached hydrogens (tertiary/aromatic N) is 1. The Balaban J connectivity index is 1.10. The topological polar surface area (TPSA) is 29.3 Å². The third-order valence-electron chi connectivity index (χ3n) is 14.3. The summed E-state index contributed by atoms with van der Waals surface area (Å²) in [6, 6.07) is 12.0. The fraction of sp³-hybridized carbons (Fsp3) is 0.480. The quantitative estimate of drug-likeness (QED) is 0.276. The Morgan fingerprint density at radius 2 is 1.60 bits per heavy atom. The van der Waals surface area contributed by atoms with Crippen LogP contribution in [0.15, 0.2) is 149 Å². The molecule has 0 aromatic heterocycles. The SMILES string of the molecule is CCCC(N)C1=CCC(C2=CCC3C(=C2)N(C2C=CC=CC2)C2=CC(C4=CC(c5ccccc5)CC(C5C=CC=CC5)=C4)C4CCCCC4[C@H]23)CC1. The molecule has 0 spiro atoms. The second-order valence-corrected chi connectivity index (χ2v) is 17.3. The van der Waals surface area contributed by atoms with Crippen molar-refractivity contribution in [2.75, 3.05) is 0 Å². The number of allylic oxidation sites excluding steroid dienone is 17. The minimum absolute atomic E-state index is 0.251. The fourth-order valence-corrected chi connectivity index (χ4v) is 11.8. The van der Waals surface area contributed by atoms with E-state index in [1.54, 1.807) is 28.1 Å². The van der Waals surface area contributed by atoms with Crippen molar-refractivity contribution >= 4 is 0 Å². The van der Waals surface area contributed by atoms with Crippen LogP contribution in [0.3, 0.4) is 0 Å². The molecule has 2 nitrogen and oxygen atoms in total. The van der Waals surface area contributed by atoms with E-state index in [1.165, 1.54) is 56.1 Å². The summed E-state index contributed by atoms with van der Waals surface area (Å²) in [6.45, 7) is 2.26. The molecular weight excluding hydrogens is 629 g/mol. The zero-order valence-corrected chi connectivity index (χ0v) is 31.5. The van der Waals surface area contributed by atoms with Gasteiger partial charge in [0.05, 0.1) is 6.04 Å². The van der Waals surface area contributed by atoms with Crippen LogP contribution in [0.25, 0.3) is 0 Å². The summed E-state index contributed by atoms with van der Waals surface area (Å²) in [5.41, 5.74) is 17.7. The van der Waals surface area contributed by atoms with Gasteiger partial charge in [0.25, 0.3) is 0 Å². The van der Waals surface area contributed by atoms with Crippen molar-refractivity contribution in [2.45, 2.75) is 108 Å². The molecule has 1 saturated heterocycles. The van der Waals surface area contributed by atoms with Crippen molar-refractivity contribution in [3.8, 4) is 0 Å². The van der Waals surface area contributed by atoms with E-state index >= 15 is 0 Å². The molecule has 2 fully saturated rings. The van der Waals surface area contributed by atoms with Crippen molar-refractivity contribution in [3.05, 3.63) is 155 Å². The van der Waals surface area contributed by atoms with E-state index in [9.17, 15) is 0 Å². The minimum atomic E-state index is 0.251. The molecule has 270 valence electrons. The number of likely N-dealkylation sites (tertiary alicyclic amines) is 1. The molecule has 1 aromatic carbocycles. The molecular formula is C50H60N2. The predicted octanol–water partition coefficient (Wildman–Crippen LogP) is 12.0. The average molecular weight is 689 g/mol. The van der Waals surface area contributed by atoms with Crippen LogP contribution in [0.4, 0.5) is 0 Å². The molecule has 0 amide bonds. The summed E-state index contributed by atoms with van der Waals surface area (Å²) in [5.74, 6) is 4.78. The van der Waals surface area contributed by atoms with E-state index in [-0.39, 0.29) is 6.04 Å². The predicted molar refractivity (Wildman–Crippen MR) is 218 cm³/mol. The highest BCUT2D eigenvalue weighted by molar-refractivity contribution is 5.47. The Kier molecular flexibility index (Phi) is 9.87. The summed E-state index contributed by atoms with van der Waals surface area (Å²) >= 11 is 0. The third-order valence-corrected chi connectivity index (χ3v) is 14.3. The van der Waals surface area contributed by atoms with Gasteiger partial charge in [-0.15, -0.1) is 0 Å². The van der Waals surface area contributed by atoms with Gasteiger partial charge in [0.2, 0.25) is 0 Å². The zero-order valence-electron chi connectivity index (χ0n) is 31.5. The molecule has 1 aliphatic heterocycles. The Bertz CT molecular complexity index is 1800. The molecule has 2 N–H and O–H groups in total. The van der Waals surface area contributed by atoms with Gasteiger partial charge < -0.3 is 10.6 Å². The molecule has 1 saturated carbocycles. The molecule has 52 heavy (non-hydrogen) atoms. The van der Waals surface area contributed by atoms with Gasteiger partial charge in [-0.3, -0.25) is 0 Å². The summed E-state index contributed by atoms with van der Waals surface area (Å²) in [5, 5.41) is 0. The van der Waals surface area contributed by atoms with Gasteiger partial charge in [-0.05, 0) is 105 Å². The highest BCUT2D eigenvalue weighted by Crippen LogP contribution is 2.60. The van der Waals surface area contributed by atoms with Crippen LogP contribution in [-0.2, 0) is 0 Å². The van der Waals surface area contributed by atoms with Crippen LogP contribution in [0, 0.1) is 41.4 Å². The standard InChI is InChI=1S/C50H60N2/c1-2-14-47(51)37-25-23-36(24-26-37)38-27-28-45-48(32-38)52(42-19-10-5-11-20-42)49-33-46(43-21-12-13-22-44(43)50(45)49)41-30-39(34-15-6-3-7-16-34)29-40(31-41)35-17-8-4-9-18-35/h3-11,15-17,19,25,27,30-33,35-36,39,42-47,50H,2,12-14,18,20-24,26,28-29,51H2,1H3/t35?,36?,39?,42?,43?,44?,45?,46?,47?,50-/m0/s1. The number of hydrogen-bond acceptors (Lipinski definition) is 2. The summed E-state index contributed by atoms with van der Waals surface area (Å²) < 4.78 is 0. The Morgan fingerprint density at radius 3 is 2.35 bits per heavy atom. The third kappa shape index (κ3) is 6.48. The molecule has 1 aromatic rings. The molecule has 2 heteroatoms. The molecule has 0 bridgehead atoms. The van der Waals surface area contributed by atoms with Gasteiger partial charge in [0.15, 0.2) is 0 Å². The maximum absolute atomic E-state index is 6.59. The van der Waals surface area contributed by atoms with Crippen LogP contribution in [0.1, 0.15) is 102 Å². The van der Waals surface area contributed by atoms with Gasteiger partial charge in [-0.25, -0.2) is 0 Å². The van der Waals surface area contributed by atoms with E-state index in [2.05, 4.69) is 127 Å². The molecule has 1 heterocycles. The molecule has 9 rings (SSSR count). The lowest BCUT2D eigenvalue weighted by Gasteiger charge is -2.47. The number of nitrogens with two attached hydrogens (primary N) is 1. The maximum atomic E-state index is 6.59. The summed E-state index contributed by atoms with van der Waals surface area (Å²) in [7, 11) is 0. The van der Waals surface area contributed by atoms with Crippen LogP contribution in [0.2, 0.25) is 0 Å². The van der Waals surface area contributed by atoms with E-state index < -0.39 is 0 Å². The Hall–Kier alpha value is -3.62. The number of fused-ring (bicyclic) bond motifs is 5. The van der Waals surface area contributed by atoms with E-state index in [0.717, 1.165) is 50.4 Å². The molecule has 9 unspecified atom stereocenters. The molecule has 8 aliphatic rings. The van der Waals surface area contributed by atoms with Gasteiger partial charge in [0.1, 0.15) is 0 Å². The van der Waals surface area contributed by atoms with Crippen LogP contribution >= 0.6 is 0 Å². The monoisotopic (exact) mass is 688 g/mol. The first kappa shape index (κ1) is 34.2. The van der Waals surface area contributed by atoms with E-state index in [1.807, 2.05) is 0 Å². The first-order valence-corrected chi connectivity index (χ1v) is 21.2. The first-order valence-electron chi connectivity index (χ1n) is 21.2. The summed E-state index contributed by atoms with van der Waals surface area (Å²) in [4.78, 5) is 2.89.